The Morgan fingerprint density at radius 2 is 1.79 bits per heavy atom. The van der Waals surface area contributed by atoms with Crippen molar-refractivity contribution in [2.75, 3.05) is 4.90 Å². The Balaban J connectivity index is 1.82. The number of rotatable bonds is 5. The van der Waals surface area contributed by atoms with Crippen LogP contribution >= 0.6 is 0 Å². The highest BCUT2D eigenvalue weighted by Crippen LogP contribution is 2.33. The molecule has 5 heteroatoms. The molecule has 0 saturated heterocycles. The minimum Gasteiger partial charge on any atom is -0.304 e. The lowest BCUT2D eigenvalue weighted by atomic mass is 10.1. The van der Waals surface area contributed by atoms with Crippen molar-refractivity contribution >= 4 is 22.4 Å². The second-order valence-electron chi connectivity index (χ2n) is 7.49. The van der Waals surface area contributed by atoms with E-state index in [1.807, 2.05) is 41.3 Å². The lowest BCUT2D eigenvalue weighted by Crippen LogP contribution is -2.38. The van der Waals surface area contributed by atoms with Crippen LogP contribution in [0.2, 0.25) is 0 Å². The Kier molecular flexibility index (Phi) is 4.99. The lowest BCUT2D eigenvalue weighted by molar-refractivity contribution is 0.0976. The third-order valence-electron chi connectivity index (χ3n) is 5.47. The van der Waals surface area contributed by atoms with Crippen LogP contribution in [0.4, 0.5) is 5.69 Å². The molecule has 144 valence electrons. The third-order valence-corrected chi connectivity index (χ3v) is 5.47. The fourth-order valence-corrected chi connectivity index (χ4v) is 4.05. The van der Waals surface area contributed by atoms with E-state index in [0.717, 1.165) is 31.4 Å². The number of hydrogen-bond acceptors (Lipinski definition) is 3. The summed E-state index contributed by atoms with van der Waals surface area (Å²) in [5, 5.41) is 5.72. The number of amides is 1. The second kappa shape index (κ2) is 7.58. The van der Waals surface area contributed by atoms with Gasteiger partial charge in [-0.2, -0.15) is 5.10 Å². The Hall–Kier alpha value is -2.95. The van der Waals surface area contributed by atoms with Crippen LogP contribution in [0.5, 0.6) is 0 Å². The maximum Gasteiger partial charge on any atom is 0.279 e. The number of nitrogens with zero attached hydrogens (tertiary/aromatic N) is 3. The minimum absolute atomic E-state index is 0.0610. The molecule has 1 atom stereocenters. The first-order chi connectivity index (χ1) is 13.6. The van der Waals surface area contributed by atoms with E-state index in [0.29, 0.717) is 23.0 Å². The van der Waals surface area contributed by atoms with Gasteiger partial charge in [0.15, 0.2) is 5.69 Å². The van der Waals surface area contributed by atoms with Gasteiger partial charge in [0.1, 0.15) is 0 Å². The van der Waals surface area contributed by atoms with Gasteiger partial charge in [-0.15, -0.1) is 0 Å². The summed E-state index contributed by atoms with van der Waals surface area (Å²) in [6.45, 7) is 4.71. The highest BCUT2D eigenvalue weighted by atomic mass is 16.2. The quantitative estimate of drug-likeness (QED) is 0.629. The van der Waals surface area contributed by atoms with Crippen molar-refractivity contribution in [1.82, 2.24) is 9.78 Å². The zero-order chi connectivity index (χ0) is 19.7. The third kappa shape index (κ3) is 3.11. The van der Waals surface area contributed by atoms with Gasteiger partial charge >= 0.3 is 0 Å². The number of aromatic nitrogens is 2. The summed E-state index contributed by atoms with van der Waals surface area (Å²) in [6.07, 6.45) is 3.80. The predicted octanol–water partition coefficient (Wildman–Crippen LogP) is 4.18. The van der Waals surface area contributed by atoms with Gasteiger partial charge in [0.2, 0.25) is 0 Å². The smallest absolute Gasteiger partial charge is 0.279 e. The molecular weight excluding hydrogens is 350 g/mol. The fourth-order valence-electron chi connectivity index (χ4n) is 4.05. The van der Waals surface area contributed by atoms with Crippen molar-refractivity contribution in [2.45, 2.75) is 52.1 Å². The molecule has 5 nitrogen and oxygen atoms in total. The van der Waals surface area contributed by atoms with Gasteiger partial charge in [-0.1, -0.05) is 56.2 Å². The summed E-state index contributed by atoms with van der Waals surface area (Å²) >= 11 is 0. The van der Waals surface area contributed by atoms with Gasteiger partial charge in [0, 0.05) is 23.7 Å². The van der Waals surface area contributed by atoms with Gasteiger partial charge in [0.25, 0.3) is 11.5 Å². The van der Waals surface area contributed by atoms with Crippen molar-refractivity contribution in [3.63, 3.8) is 0 Å². The van der Waals surface area contributed by atoms with Gasteiger partial charge in [-0.25, -0.2) is 4.68 Å². The number of para-hydroxylation sites is 1. The molecule has 1 aliphatic rings. The molecule has 0 N–H and O–H groups in total. The molecule has 0 radical (unpaired) electrons. The number of aryl methyl sites for hydroxylation is 1. The predicted molar refractivity (Wildman–Crippen MR) is 112 cm³/mol. The molecule has 0 aliphatic carbocycles. The van der Waals surface area contributed by atoms with Crippen molar-refractivity contribution in [1.29, 1.82) is 0 Å². The van der Waals surface area contributed by atoms with Gasteiger partial charge in [-0.3, -0.25) is 9.59 Å². The molecule has 3 aromatic rings. The fraction of sp³-hybridized carbons (Fsp3) is 0.348. The van der Waals surface area contributed by atoms with Crippen LogP contribution in [-0.4, -0.2) is 21.7 Å². The van der Waals surface area contributed by atoms with E-state index >= 15 is 0 Å². The first kappa shape index (κ1) is 18.4. The molecule has 0 spiro atoms. The monoisotopic (exact) mass is 375 g/mol. The normalized spacial score (nSPS) is 15.8. The first-order valence-electron chi connectivity index (χ1n) is 10.0. The Labute approximate surface area is 164 Å². The molecule has 2 aromatic carbocycles. The molecular formula is C23H25N3O2. The average Bonchev–Trinajstić information content (AvgIpc) is 3.05. The van der Waals surface area contributed by atoms with Crippen molar-refractivity contribution < 1.29 is 4.79 Å². The lowest BCUT2D eigenvalue weighted by Gasteiger charge is -2.23. The van der Waals surface area contributed by atoms with E-state index in [1.54, 1.807) is 6.07 Å². The molecule has 4 rings (SSSR count). The van der Waals surface area contributed by atoms with Crippen LogP contribution < -0.4 is 10.5 Å². The van der Waals surface area contributed by atoms with Gasteiger partial charge in [-0.05, 0) is 37.5 Å². The number of fused-ring (bicyclic) bond motifs is 2. The number of benzene rings is 2. The molecule has 0 saturated carbocycles. The number of carbonyl (C=O) groups is 1. The largest absolute Gasteiger partial charge is 0.304 e. The number of unbranched alkanes of at least 4 members (excludes halogenated alkanes) is 2. The van der Waals surface area contributed by atoms with Crippen LogP contribution in [-0.2, 0) is 13.0 Å². The maximum atomic E-state index is 13.6. The number of hydrogen-bond donors (Lipinski definition) is 0. The summed E-state index contributed by atoms with van der Waals surface area (Å²) < 4.78 is 1.47. The van der Waals surface area contributed by atoms with Crippen LogP contribution in [0.15, 0.2) is 53.3 Å². The van der Waals surface area contributed by atoms with Crippen LogP contribution in [0.3, 0.4) is 0 Å². The van der Waals surface area contributed by atoms with E-state index in [4.69, 9.17) is 0 Å². The summed E-state index contributed by atoms with van der Waals surface area (Å²) in [5.41, 5.74) is 2.34. The first-order valence-corrected chi connectivity index (χ1v) is 10.0. The van der Waals surface area contributed by atoms with E-state index in [-0.39, 0.29) is 17.5 Å². The summed E-state index contributed by atoms with van der Waals surface area (Å²) in [4.78, 5) is 28.3. The standard InChI is InChI=1S/C23H25N3O2/c1-3-4-9-14-25-22(27)19-12-7-6-11-18(19)21(24-25)23(28)26-16(2)15-17-10-5-8-13-20(17)26/h5-8,10-13,16H,3-4,9,14-15H2,1-2H3. The van der Waals surface area contributed by atoms with Crippen molar-refractivity contribution in [3.8, 4) is 0 Å². The molecule has 1 amide bonds. The Bertz CT molecular complexity index is 1090. The van der Waals surface area contributed by atoms with E-state index < -0.39 is 0 Å². The Morgan fingerprint density at radius 1 is 1.07 bits per heavy atom. The number of anilines is 1. The number of carbonyl (C=O) groups excluding carboxylic acids is 1. The molecule has 0 bridgehead atoms. The molecule has 0 fully saturated rings. The van der Waals surface area contributed by atoms with Crippen LogP contribution in [0, 0.1) is 0 Å². The molecule has 1 aliphatic heterocycles. The Morgan fingerprint density at radius 3 is 2.57 bits per heavy atom. The zero-order valence-corrected chi connectivity index (χ0v) is 16.4. The van der Waals surface area contributed by atoms with Gasteiger partial charge in [0.05, 0.1) is 5.39 Å². The second-order valence-corrected chi connectivity index (χ2v) is 7.49. The van der Waals surface area contributed by atoms with Crippen molar-refractivity contribution in [3.05, 3.63) is 70.1 Å². The maximum absolute atomic E-state index is 13.6. The molecule has 2 heterocycles. The minimum atomic E-state index is -0.141. The highest BCUT2D eigenvalue weighted by Gasteiger charge is 2.33. The average molecular weight is 375 g/mol. The molecule has 1 aromatic heterocycles. The molecule has 1 unspecified atom stereocenters. The van der Waals surface area contributed by atoms with E-state index in [1.165, 1.54) is 10.2 Å². The topological polar surface area (TPSA) is 55.2 Å². The van der Waals surface area contributed by atoms with Crippen LogP contribution in [0.25, 0.3) is 10.8 Å². The molecule has 28 heavy (non-hydrogen) atoms. The SMILES string of the molecule is CCCCCn1nc(C(=O)N2c3ccccc3CC2C)c2ccccc2c1=O. The van der Waals surface area contributed by atoms with E-state index in [2.05, 4.69) is 25.0 Å². The van der Waals surface area contributed by atoms with Crippen molar-refractivity contribution in [2.24, 2.45) is 0 Å². The van der Waals surface area contributed by atoms with Crippen LogP contribution in [0.1, 0.15) is 49.2 Å². The van der Waals surface area contributed by atoms with E-state index in [9.17, 15) is 9.59 Å². The summed E-state index contributed by atoms with van der Waals surface area (Å²) in [7, 11) is 0. The zero-order valence-electron chi connectivity index (χ0n) is 16.4. The summed E-state index contributed by atoms with van der Waals surface area (Å²) in [6, 6.07) is 15.4. The van der Waals surface area contributed by atoms with Gasteiger partial charge < -0.3 is 4.90 Å². The summed E-state index contributed by atoms with van der Waals surface area (Å²) in [5.74, 6) is -0.141. The highest BCUT2D eigenvalue weighted by molar-refractivity contribution is 6.13.